The number of carboxylic acid groups (broad SMARTS) is 1. The van der Waals surface area contributed by atoms with Crippen molar-refractivity contribution >= 4 is 51.3 Å². The molecule has 0 aromatic heterocycles. The normalized spacial score (nSPS) is 16.5. The first-order valence-electron chi connectivity index (χ1n) is 9.29. The molecular weight excluding hydrogens is 396 g/mol. The van der Waals surface area contributed by atoms with E-state index < -0.39 is 5.97 Å². The largest absolute Gasteiger partial charge is 0.478 e. The van der Waals surface area contributed by atoms with Crippen molar-refractivity contribution in [1.29, 1.82) is 0 Å². The topological polar surface area (TPSA) is 70.0 Å². The van der Waals surface area contributed by atoms with Gasteiger partial charge in [0.2, 0.25) is 0 Å². The number of carbonyl (C=O) groups is 2. The number of carbonyl (C=O) groups excluding carboxylic acids is 1. The Morgan fingerprint density at radius 1 is 1.07 bits per heavy atom. The zero-order valence-corrected chi connectivity index (χ0v) is 16.8. The fourth-order valence-corrected chi connectivity index (χ4v) is 4.19. The molecule has 0 radical (unpaired) electrons. The molecule has 3 aromatic rings. The molecule has 1 aliphatic rings. The number of amides is 1. The highest BCUT2D eigenvalue weighted by Gasteiger charge is 2.32. The van der Waals surface area contributed by atoms with E-state index in [0.717, 1.165) is 16.3 Å². The van der Waals surface area contributed by atoms with Crippen LogP contribution in [0.3, 0.4) is 0 Å². The number of rotatable bonds is 5. The Kier molecular flexibility index (Phi) is 5.50. The Bertz CT molecular complexity index is 1210. The van der Waals surface area contributed by atoms with Gasteiger partial charge in [0.25, 0.3) is 5.91 Å². The number of aromatic carboxylic acids is 1. The third-order valence-corrected chi connectivity index (χ3v) is 5.66. The van der Waals surface area contributed by atoms with Gasteiger partial charge >= 0.3 is 5.97 Å². The summed E-state index contributed by atoms with van der Waals surface area (Å²) in [6.45, 7) is 4.08. The van der Waals surface area contributed by atoms with E-state index in [-0.39, 0.29) is 11.5 Å². The van der Waals surface area contributed by atoms with Gasteiger partial charge in [-0.1, -0.05) is 48.5 Å². The fourth-order valence-electron chi connectivity index (χ4n) is 3.19. The number of aliphatic imine (C=N–C) groups is 1. The van der Waals surface area contributed by atoms with Crippen molar-refractivity contribution in [1.82, 2.24) is 4.90 Å². The number of thioether (sulfide) groups is 1. The third-order valence-electron chi connectivity index (χ3n) is 4.65. The van der Waals surface area contributed by atoms with Crippen molar-refractivity contribution in [2.24, 2.45) is 4.99 Å². The molecule has 4 rings (SSSR count). The fraction of sp³-hybridized carbons (Fsp3) is 0.0417. The van der Waals surface area contributed by atoms with Gasteiger partial charge in [-0.2, -0.15) is 0 Å². The van der Waals surface area contributed by atoms with Crippen LogP contribution in [0.15, 0.2) is 89.3 Å². The molecule has 1 fully saturated rings. The molecule has 5 nitrogen and oxygen atoms in total. The molecule has 1 aliphatic heterocycles. The molecule has 1 saturated heterocycles. The summed E-state index contributed by atoms with van der Waals surface area (Å²) in [5.74, 6) is -1.12. The van der Waals surface area contributed by atoms with E-state index in [1.165, 1.54) is 23.9 Å². The maximum Gasteiger partial charge on any atom is 0.335 e. The van der Waals surface area contributed by atoms with Gasteiger partial charge in [0.05, 0.1) is 16.2 Å². The van der Waals surface area contributed by atoms with Crippen LogP contribution in [0.5, 0.6) is 0 Å². The van der Waals surface area contributed by atoms with Gasteiger partial charge in [0, 0.05) is 6.54 Å². The van der Waals surface area contributed by atoms with Crippen LogP contribution < -0.4 is 0 Å². The molecule has 0 spiro atoms. The van der Waals surface area contributed by atoms with Gasteiger partial charge in [-0.15, -0.1) is 6.58 Å². The lowest BCUT2D eigenvalue weighted by atomic mass is 10.0. The van der Waals surface area contributed by atoms with E-state index in [0.29, 0.717) is 22.3 Å². The average Bonchev–Trinajstić information content (AvgIpc) is 3.03. The van der Waals surface area contributed by atoms with Crippen molar-refractivity contribution in [3.63, 3.8) is 0 Å². The molecule has 148 valence electrons. The highest BCUT2D eigenvalue weighted by molar-refractivity contribution is 8.18. The molecule has 0 saturated carbocycles. The standard InChI is InChI=1S/C24H18N2O3S/c1-2-14-26-22(27)21(15-18-8-5-7-16-6-3-4-9-20(16)18)30-24(26)25-19-12-10-17(11-13-19)23(28)29/h2-13,15H,1,14H2,(H,28,29)/b21-15-,25-24?. The maximum atomic E-state index is 13.0. The Hall–Kier alpha value is -3.64. The third kappa shape index (κ3) is 3.90. The second kappa shape index (κ2) is 8.39. The summed E-state index contributed by atoms with van der Waals surface area (Å²) in [5.41, 5.74) is 1.74. The minimum atomic E-state index is -0.992. The van der Waals surface area contributed by atoms with Crippen molar-refractivity contribution < 1.29 is 14.7 Å². The quantitative estimate of drug-likeness (QED) is 0.453. The van der Waals surface area contributed by atoms with Gasteiger partial charge in [-0.3, -0.25) is 9.69 Å². The minimum Gasteiger partial charge on any atom is -0.478 e. The van der Waals surface area contributed by atoms with Crippen LogP contribution in [-0.4, -0.2) is 33.6 Å². The van der Waals surface area contributed by atoms with Crippen LogP contribution >= 0.6 is 11.8 Å². The lowest BCUT2D eigenvalue weighted by Gasteiger charge is -2.12. The van der Waals surface area contributed by atoms with Crippen LogP contribution in [0.2, 0.25) is 0 Å². The Morgan fingerprint density at radius 3 is 2.53 bits per heavy atom. The van der Waals surface area contributed by atoms with Gasteiger partial charge in [-0.25, -0.2) is 9.79 Å². The molecular formula is C24H18N2O3S. The van der Waals surface area contributed by atoms with E-state index in [4.69, 9.17) is 5.11 Å². The first kappa shape index (κ1) is 19.7. The zero-order chi connectivity index (χ0) is 21.1. The molecule has 3 aromatic carbocycles. The van der Waals surface area contributed by atoms with E-state index >= 15 is 0 Å². The van der Waals surface area contributed by atoms with Crippen molar-refractivity contribution in [2.75, 3.05) is 6.54 Å². The predicted molar refractivity (Wildman–Crippen MR) is 122 cm³/mol. The van der Waals surface area contributed by atoms with Gasteiger partial charge in [0.1, 0.15) is 0 Å². The lowest BCUT2D eigenvalue weighted by molar-refractivity contribution is -0.121. The van der Waals surface area contributed by atoms with E-state index in [2.05, 4.69) is 11.6 Å². The van der Waals surface area contributed by atoms with Crippen LogP contribution in [0, 0.1) is 0 Å². The molecule has 30 heavy (non-hydrogen) atoms. The first-order chi connectivity index (χ1) is 14.6. The van der Waals surface area contributed by atoms with Crippen molar-refractivity contribution in [3.8, 4) is 0 Å². The number of hydrogen-bond acceptors (Lipinski definition) is 4. The zero-order valence-electron chi connectivity index (χ0n) is 16.0. The summed E-state index contributed by atoms with van der Waals surface area (Å²) in [7, 11) is 0. The summed E-state index contributed by atoms with van der Waals surface area (Å²) in [5, 5.41) is 11.8. The molecule has 6 heteroatoms. The van der Waals surface area contributed by atoms with E-state index in [1.807, 2.05) is 48.5 Å². The van der Waals surface area contributed by atoms with E-state index in [1.54, 1.807) is 23.1 Å². The molecule has 1 N–H and O–H groups in total. The average molecular weight is 414 g/mol. The molecule has 1 heterocycles. The van der Waals surface area contributed by atoms with Crippen LogP contribution in [-0.2, 0) is 4.79 Å². The molecule has 0 bridgehead atoms. The Labute approximate surface area is 178 Å². The lowest BCUT2D eigenvalue weighted by Crippen LogP contribution is -2.29. The monoisotopic (exact) mass is 414 g/mol. The number of nitrogens with zero attached hydrogens (tertiary/aromatic N) is 2. The van der Waals surface area contributed by atoms with Crippen LogP contribution in [0.25, 0.3) is 16.8 Å². The SMILES string of the molecule is C=CCN1C(=O)/C(=C/c2cccc3ccccc23)SC1=Nc1ccc(C(=O)O)cc1. The predicted octanol–water partition coefficient (Wildman–Crippen LogP) is 5.33. The number of amidine groups is 1. The van der Waals surface area contributed by atoms with Crippen LogP contribution in [0.4, 0.5) is 5.69 Å². The number of carboxylic acids is 1. The second-order valence-corrected chi connectivity index (χ2v) is 7.64. The summed E-state index contributed by atoms with van der Waals surface area (Å²) in [6, 6.07) is 20.3. The minimum absolute atomic E-state index is 0.131. The molecule has 0 aliphatic carbocycles. The smallest absolute Gasteiger partial charge is 0.335 e. The summed E-state index contributed by atoms with van der Waals surface area (Å²) >= 11 is 1.30. The van der Waals surface area contributed by atoms with E-state index in [9.17, 15) is 9.59 Å². The first-order valence-corrected chi connectivity index (χ1v) is 10.1. The molecule has 0 unspecified atom stereocenters. The molecule has 1 amide bonds. The van der Waals surface area contributed by atoms with Gasteiger partial charge < -0.3 is 5.11 Å². The molecule has 0 atom stereocenters. The number of benzene rings is 3. The van der Waals surface area contributed by atoms with Crippen LogP contribution in [0.1, 0.15) is 15.9 Å². The van der Waals surface area contributed by atoms with Gasteiger partial charge in [0.15, 0.2) is 5.17 Å². The highest BCUT2D eigenvalue weighted by atomic mass is 32.2. The summed E-state index contributed by atoms with van der Waals surface area (Å²) in [4.78, 5) is 30.8. The summed E-state index contributed by atoms with van der Waals surface area (Å²) < 4.78 is 0. The Morgan fingerprint density at radius 2 is 1.80 bits per heavy atom. The number of hydrogen-bond donors (Lipinski definition) is 1. The van der Waals surface area contributed by atoms with Crippen molar-refractivity contribution in [2.45, 2.75) is 0 Å². The summed E-state index contributed by atoms with van der Waals surface area (Å²) in [6.07, 6.45) is 3.55. The second-order valence-electron chi connectivity index (χ2n) is 6.63. The number of fused-ring (bicyclic) bond motifs is 1. The Balaban J connectivity index is 1.71. The van der Waals surface area contributed by atoms with Gasteiger partial charge in [-0.05, 0) is 58.4 Å². The maximum absolute atomic E-state index is 13.0. The van der Waals surface area contributed by atoms with Crippen molar-refractivity contribution in [3.05, 3.63) is 95.4 Å². The highest BCUT2D eigenvalue weighted by Crippen LogP contribution is 2.35.